The Balaban J connectivity index is 2.62. The molecule has 2 nitrogen and oxygen atoms in total. The fourth-order valence-corrected chi connectivity index (χ4v) is 1.94. The molecule has 1 unspecified atom stereocenters. The summed E-state index contributed by atoms with van der Waals surface area (Å²) in [7, 11) is 2.01. The van der Waals surface area contributed by atoms with Crippen LogP contribution in [0.3, 0.4) is 0 Å². The third-order valence-electron chi connectivity index (χ3n) is 3.11. The predicted octanol–water partition coefficient (Wildman–Crippen LogP) is 3.50. The molecule has 0 heterocycles. The van der Waals surface area contributed by atoms with Gasteiger partial charge in [0, 0.05) is 19.3 Å². The van der Waals surface area contributed by atoms with Crippen LogP contribution in [0.15, 0.2) is 24.3 Å². The van der Waals surface area contributed by atoms with Crippen molar-refractivity contribution in [3.63, 3.8) is 0 Å². The quantitative estimate of drug-likeness (QED) is 0.730. The Bertz CT molecular complexity index is 305. The summed E-state index contributed by atoms with van der Waals surface area (Å²) in [5.41, 5.74) is 2.74. The summed E-state index contributed by atoms with van der Waals surface area (Å²) in [6.45, 7) is 8.09. The van der Waals surface area contributed by atoms with Crippen molar-refractivity contribution >= 4 is 0 Å². The molecule has 0 aliphatic heterocycles. The number of benzene rings is 1. The van der Waals surface area contributed by atoms with E-state index in [1.807, 2.05) is 14.0 Å². The summed E-state index contributed by atoms with van der Waals surface area (Å²) in [5.74, 6) is 0.598. The maximum atomic E-state index is 5.41. The standard InChI is InChI=1S/C15H25NO/c1-5-17-11-10-15(16-4)14-8-6-13(7-9-14)12(2)3/h6-9,12,15-16H,5,10-11H2,1-4H3. The van der Waals surface area contributed by atoms with Crippen molar-refractivity contribution in [1.82, 2.24) is 5.32 Å². The first-order valence-corrected chi connectivity index (χ1v) is 6.53. The van der Waals surface area contributed by atoms with Gasteiger partial charge in [0.2, 0.25) is 0 Å². The first-order valence-electron chi connectivity index (χ1n) is 6.53. The van der Waals surface area contributed by atoms with Crippen LogP contribution < -0.4 is 5.32 Å². The van der Waals surface area contributed by atoms with Crippen molar-refractivity contribution in [3.8, 4) is 0 Å². The van der Waals surface area contributed by atoms with E-state index in [0.717, 1.165) is 19.6 Å². The van der Waals surface area contributed by atoms with Crippen molar-refractivity contribution in [1.29, 1.82) is 0 Å². The van der Waals surface area contributed by atoms with E-state index < -0.39 is 0 Å². The maximum Gasteiger partial charge on any atom is 0.0484 e. The van der Waals surface area contributed by atoms with E-state index >= 15 is 0 Å². The van der Waals surface area contributed by atoms with E-state index in [1.54, 1.807) is 0 Å². The molecule has 0 aromatic heterocycles. The van der Waals surface area contributed by atoms with Gasteiger partial charge in [-0.1, -0.05) is 38.1 Å². The highest BCUT2D eigenvalue weighted by Crippen LogP contribution is 2.20. The Kier molecular flexibility index (Phi) is 6.23. The van der Waals surface area contributed by atoms with Crippen LogP contribution in [0.2, 0.25) is 0 Å². The lowest BCUT2D eigenvalue weighted by molar-refractivity contribution is 0.137. The topological polar surface area (TPSA) is 21.3 Å². The SMILES string of the molecule is CCOCCC(NC)c1ccc(C(C)C)cc1. The molecule has 0 saturated heterocycles. The molecule has 0 saturated carbocycles. The average Bonchev–Trinajstić information content (AvgIpc) is 2.35. The Morgan fingerprint density at radius 2 is 1.71 bits per heavy atom. The minimum atomic E-state index is 0.391. The number of nitrogens with one attached hydrogen (secondary N) is 1. The molecule has 0 fully saturated rings. The van der Waals surface area contributed by atoms with Gasteiger partial charge in [0.15, 0.2) is 0 Å². The molecule has 0 spiro atoms. The fraction of sp³-hybridized carbons (Fsp3) is 0.600. The number of hydrogen-bond acceptors (Lipinski definition) is 2. The van der Waals surface area contributed by atoms with E-state index in [4.69, 9.17) is 4.74 Å². The minimum absolute atomic E-state index is 0.391. The molecule has 2 heteroatoms. The summed E-state index contributed by atoms with van der Waals surface area (Å²) in [6, 6.07) is 9.30. The highest BCUT2D eigenvalue weighted by atomic mass is 16.5. The van der Waals surface area contributed by atoms with Crippen LogP contribution in [-0.4, -0.2) is 20.3 Å². The smallest absolute Gasteiger partial charge is 0.0484 e. The van der Waals surface area contributed by atoms with Gasteiger partial charge in [-0.25, -0.2) is 0 Å². The van der Waals surface area contributed by atoms with E-state index in [0.29, 0.717) is 12.0 Å². The van der Waals surface area contributed by atoms with Gasteiger partial charge < -0.3 is 10.1 Å². The van der Waals surface area contributed by atoms with Crippen molar-refractivity contribution in [3.05, 3.63) is 35.4 Å². The molecule has 1 N–H and O–H groups in total. The Hall–Kier alpha value is -0.860. The first kappa shape index (κ1) is 14.2. The van der Waals surface area contributed by atoms with Crippen LogP contribution in [0.1, 0.15) is 50.3 Å². The van der Waals surface area contributed by atoms with Crippen molar-refractivity contribution in [2.45, 2.75) is 39.2 Å². The molecule has 17 heavy (non-hydrogen) atoms. The zero-order valence-corrected chi connectivity index (χ0v) is 11.5. The summed E-state index contributed by atoms with van der Waals surface area (Å²) in [6.07, 6.45) is 1.02. The van der Waals surface area contributed by atoms with Crippen molar-refractivity contribution < 1.29 is 4.74 Å². The molecule has 0 aliphatic carbocycles. The monoisotopic (exact) mass is 235 g/mol. The van der Waals surface area contributed by atoms with Gasteiger partial charge in [-0.15, -0.1) is 0 Å². The average molecular weight is 235 g/mol. The largest absolute Gasteiger partial charge is 0.382 e. The minimum Gasteiger partial charge on any atom is -0.382 e. The lowest BCUT2D eigenvalue weighted by atomic mass is 9.98. The first-order chi connectivity index (χ1) is 8.19. The van der Waals surface area contributed by atoms with Gasteiger partial charge >= 0.3 is 0 Å². The molecule has 0 radical (unpaired) electrons. The van der Waals surface area contributed by atoms with Crippen LogP contribution in [0.25, 0.3) is 0 Å². The molecule has 1 aromatic carbocycles. The maximum absolute atomic E-state index is 5.41. The Labute approximate surface area is 105 Å². The van der Waals surface area contributed by atoms with Gasteiger partial charge in [-0.05, 0) is 37.4 Å². The van der Waals surface area contributed by atoms with E-state index in [2.05, 4.69) is 43.4 Å². The van der Waals surface area contributed by atoms with Crippen molar-refractivity contribution in [2.75, 3.05) is 20.3 Å². The van der Waals surface area contributed by atoms with Crippen molar-refractivity contribution in [2.24, 2.45) is 0 Å². The molecule has 0 bridgehead atoms. The van der Waals surface area contributed by atoms with E-state index in [-0.39, 0.29) is 0 Å². The van der Waals surface area contributed by atoms with Crippen LogP contribution in [0.4, 0.5) is 0 Å². The molecule has 0 aliphatic rings. The summed E-state index contributed by atoms with van der Waals surface area (Å²) in [4.78, 5) is 0. The Morgan fingerprint density at radius 3 is 2.18 bits per heavy atom. The van der Waals surface area contributed by atoms with E-state index in [9.17, 15) is 0 Å². The van der Waals surface area contributed by atoms with Crippen LogP contribution in [0, 0.1) is 0 Å². The Morgan fingerprint density at radius 1 is 1.12 bits per heavy atom. The highest BCUT2D eigenvalue weighted by Gasteiger charge is 2.09. The van der Waals surface area contributed by atoms with Gasteiger partial charge in [0.1, 0.15) is 0 Å². The molecular formula is C15H25NO. The van der Waals surface area contributed by atoms with Crippen LogP contribution in [0.5, 0.6) is 0 Å². The molecular weight excluding hydrogens is 210 g/mol. The second kappa shape index (κ2) is 7.46. The fourth-order valence-electron chi connectivity index (χ4n) is 1.94. The molecule has 1 aromatic rings. The molecule has 1 rings (SSSR count). The zero-order chi connectivity index (χ0) is 12.7. The number of rotatable bonds is 7. The van der Waals surface area contributed by atoms with Crippen LogP contribution in [-0.2, 0) is 4.74 Å². The molecule has 1 atom stereocenters. The molecule has 0 amide bonds. The predicted molar refractivity (Wildman–Crippen MR) is 73.4 cm³/mol. The highest BCUT2D eigenvalue weighted by molar-refractivity contribution is 5.26. The summed E-state index contributed by atoms with van der Waals surface area (Å²) in [5, 5.41) is 3.35. The van der Waals surface area contributed by atoms with Gasteiger partial charge in [-0.3, -0.25) is 0 Å². The summed E-state index contributed by atoms with van der Waals surface area (Å²) >= 11 is 0. The lowest BCUT2D eigenvalue weighted by Crippen LogP contribution is -2.18. The van der Waals surface area contributed by atoms with Crippen LogP contribution >= 0.6 is 0 Å². The van der Waals surface area contributed by atoms with E-state index in [1.165, 1.54) is 11.1 Å². The second-order valence-electron chi connectivity index (χ2n) is 4.65. The summed E-state index contributed by atoms with van der Waals surface area (Å²) < 4.78 is 5.41. The number of ether oxygens (including phenoxy) is 1. The van der Waals surface area contributed by atoms with Gasteiger partial charge in [-0.2, -0.15) is 0 Å². The zero-order valence-electron chi connectivity index (χ0n) is 11.5. The third-order valence-corrected chi connectivity index (χ3v) is 3.11. The van der Waals surface area contributed by atoms with Gasteiger partial charge in [0.05, 0.1) is 0 Å². The second-order valence-corrected chi connectivity index (χ2v) is 4.65. The third kappa shape index (κ3) is 4.49. The normalized spacial score (nSPS) is 13.0. The molecule has 96 valence electrons. The van der Waals surface area contributed by atoms with Gasteiger partial charge in [0.25, 0.3) is 0 Å². The number of hydrogen-bond donors (Lipinski definition) is 1. The lowest BCUT2D eigenvalue weighted by Gasteiger charge is -2.17.